The zero-order valence-electron chi connectivity index (χ0n) is 4.43. The molecule has 0 fully saturated rings. The molecule has 1 rings (SSSR count). The fourth-order valence-electron chi connectivity index (χ4n) is 0.374. The first-order chi connectivity index (χ1) is 3.80. The Morgan fingerprint density at radius 3 is 2.75 bits per heavy atom. The molecule has 0 bridgehead atoms. The van der Waals surface area contributed by atoms with Crippen LogP contribution in [0.15, 0.2) is 12.5 Å². The molecule has 42 valence electrons. The van der Waals surface area contributed by atoms with Crippen LogP contribution >= 0.6 is 0 Å². The van der Waals surface area contributed by atoms with Gasteiger partial charge in [0.1, 0.15) is 6.33 Å². The van der Waals surface area contributed by atoms with E-state index >= 15 is 0 Å². The maximum atomic E-state index is 12.2. The van der Waals surface area contributed by atoms with Crippen LogP contribution in [0.25, 0.3) is 0 Å². The fourth-order valence-corrected chi connectivity index (χ4v) is 0.374. The third-order valence-electron chi connectivity index (χ3n) is 0.852. The van der Waals surface area contributed by atoms with Crippen LogP contribution in [0, 0.1) is 12.7 Å². The highest BCUT2D eigenvalue weighted by atomic mass is 19.1. The van der Waals surface area contributed by atoms with E-state index < -0.39 is 0 Å². The smallest absolute Gasteiger partial charge is 0.162 e. The summed E-state index contributed by atoms with van der Waals surface area (Å²) in [6.45, 7) is 1.59. The second-order valence-electron chi connectivity index (χ2n) is 1.46. The highest BCUT2D eigenvalue weighted by molar-refractivity contribution is 4.97. The molecule has 0 unspecified atom stereocenters. The number of aromatic nitrogens is 2. The van der Waals surface area contributed by atoms with Crippen molar-refractivity contribution < 1.29 is 4.39 Å². The Morgan fingerprint density at radius 2 is 2.38 bits per heavy atom. The number of aryl methyl sites for hydroxylation is 1. The van der Waals surface area contributed by atoms with Gasteiger partial charge in [0.15, 0.2) is 5.82 Å². The van der Waals surface area contributed by atoms with E-state index in [0.29, 0.717) is 5.69 Å². The molecule has 0 saturated heterocycles. The van der Waals surface area contributed by atoms with Gasteiger partial charge in [-0.05, 0) is 6.92 Å². The van der Waals surface area contributed by atoms with E-state index in [9.17, 15) is 4.39 Å². The molecule has 0 radical (unpaired) electrons. The van der Waals surface area contributed by atoms with Gasteiger partial charge in [-0.1, -0.05) is 0 Å². The van der Waals surface area contributed by atoms with Gasteiger partial charge in [0, 0.05) is 0 Å². The first-order valence-electron chi connectivity index (χ1n) is 2.23. The predicted octanol–water partition coefficient (Wildman–Crippen LogP) is 0.924. The summed E-state index contributed by atoms with van der Waals surface area (Å²) in [5, 5.41) is 0. The van der Waals surface area contributed by atoms with Crippen molar-refractivity contribution >= 4 is 0 Å². The quantitative estimate of drug-likeness (QED) is 0.498. The second kappa shape index (κ2) is 1.86. The molecular weight excluding hydrogens is 107 g/mol. The summed E-state index contributed by atoms with van der Waals surface area (Å²) in [5.41, 5.74) is 0.389. The lowest BCUT2D eigenvalue weighted by atomic mass is 10.4. The highest BCUT2D eigenvalue weighted by Crippen LogP contribution is 1.95. The van der Waals surface area contributed by atoms with Crippen LogP contribution in [0.2, 0.25) is 0 Å². The van der Waals surface area contributed by atoms with Crippen LogP contribution in [-0.4, -0.2) is 9.97 Å². The second-order valence-corrected chi connectivity index (χ2v) is 1.46. The van der Waals surface area contributed by atoms with Gasteiger partial charge in [-0.2, -0.15) is 0 Å². The average molecular weight is 112 g/mol. The summed E-state index contributed by atoms with van der Waals surface area (Å²) in [4.78, 5) is 7.05. The van der Waals surface area contributed by atoms with E-state index in [-0.39, 0.29) is 5.82 Å². The van der Waals surface area contributed by atoms with E-state index in [1.807, 2.05) is 0 Å². The van der Waals surface area contributed by atoms with Crippen molar-refractivity contribution in [3.05, 3.63) is 24.0 Å². The Hall–Kier alpha value is -0.990. The van der Waals surface area contributed by atoms with Crippen molar-refractivity contribution in [3.63, 3.8) is 0 Å². The van der Waals surface area contributed by atoms with Gasteiger partial charge in [-0.25, -0.2) is 14.4 Å². The molecule has 2 nitrogen and oxygen atoms in total. The van der Waals surface area contributed by atoms with E-state index in [0.717, 1.165) is 6.20 Å². The molecular formula is C5H5FN2. The lowest BCUT2D eigenvalue weighted by molar-refractivity contribution is 0.601. The minimum absolute atomic E-state index is 0.354. The van der Waals surface area contributed by atoms with Gasteiger partial charge in [0.2, 0.25) is 0 Å². The number of halogens is 1. The first-order valence-corrected chi connectivity index (χ1v) is 2.23. The summed E-state index contributed by atoms with van der Waals surface area (Å²) in [7, 11) is 0. The van der Waals surface area contributed by atoms with E-state index in [2.05, 4.69) is 9.97 Å². The molecule has 0 spiro atoms. The van der Waals surface area contributed by atoms with Gasteiger partial charge in [0.05, 0.1) is 11.9 Å². The molecule has 3 heteroatoms. The Balaban J connectivity index is 3.13. The summed E-state index contributed by atoms with van der Waals surface area (Å²) in [5.74, 6) is -0.354. The van der Waals surface area contributed by atoms with Crippen LogP contribution < -0.4 is 0 Å². The maximum absolute atomic E-state index is 12.2. The Kier molecular flexibility index (Phi) is 1.20. The van der Waals surface area contributed by atoms with Gasteiger partial charge in [-0.3, -0.25) is 0 Å². The molecule has 0 N–H and O–H groups in total. The van der Waals surface area contributed by atoms with Crippen LogP contribution in [0.4, 0.5) is 4.39 Å². The van der Waals surface area contributed by atoms with Gasteiger partial charge in [0.25, 0.3) is 0 Å². The molecule has 0 amide bonds. The summed E-state index contributed by atoms with van der Waals surface area (Å²) < 4.78 is 12.2. The zero-order valence-corrected chi connectivity index (χ0v) is 4.43. The molecule has 8 heavy (non-hydrogen) atoms. The molecule has 0 aromatic carbocycles. The van der Waals surface area contributed by atoms with Crippen molar-refractivity contribution in [2.75, 3.05) is 0 Å². The molecule has 0 atom stereocenters. The Morgan fingerprint density at radius 1 is 1.62 bits per heavy atom. The molecule has 0 aliphatic carbocycles. The van der Waals surface area contributed by atoms with Crippen molar-refractivity contribution in [1.29, 1.82) is 0 Å². The maximum Gasteiger partial charge on any atom is 0.162 e. The average Bonchev–Trinajstić information content (AvgIpc) is 1.77. The minimum atomic E-state index is -0.354. The van der Waals surface area contributed by atoms with Crippen LogP contribution in [0.3, 0.4) is 0 Å². The molecule has 1 aromatic rings. The Labute approximate surface area is 46.4 Å². The molecule has 0 aliphatic heterocycles. The first kappa shape index (κ1) is 5.15. The molecule has 1 aromatic heterocycles. The van der Waals surface area contributed by atoms with Crippen molar-refractivity contribution in [3.8, 4) is 0 Å². The lowest BCUT2D eigenvalue weighted by Gasteiger charge is -1.87. The van der Waals surface area contributed by atoms with Crippen LogP contribution in [-0.2, 0) is 0 Å². The number of hydrogen-bond donors (Lipinski definition) is 0. The van der Waals surface area contributed by atoms with E-state index in [4.69, 9.17) is 0 Å². The minimum Gasteiger partial charge on any atom is -0.242 e. The van der Waals surface area contributed by atoms with Gasteiger partial charge in [-0.15, -0.1) is 0 Å². The molecule has 0 aliphatic rings. The summed E-state index contributed by atoms with van der Waals surface area (Å²) in [6, 6.07) is 0. The normalized spacial score (nSPS) is 9.25. The Bertz CT molecular complexity index is 167. The summed E-state index contributed by atoms with van der Waals surface area (Å²) >= 11 is 0. The van der Waals surface area contributed by atoms with Crippen molar-refractivity contribution in [1.82, 2.24) is 9.97 Å². The van der Waals surface area contributed by atoms with Crippen LogP contribution in [0.1, 0.15) is 5.69 Å². The molecule has 1 heterocycles. The third kappa shape index (κ3) is 0.804. The highest BCUT2D eigenvalue weighted by Gasteiger charge is 1.91. The number of rotatable bonds is 0. The lowest BCUT2D eigenvalue weighted by Crippen LogP contribution is -1.86. The SMILES string of the molecule is Cc1ncncc1F. The van der Waals surface area contributed by atoms with E-state index in [1.165, 1.54) is 6.33 Å². The van der Waals surface area contributed by atoms with E-state index in [1.54, 1.807) is 6.92 Å². The third-order valence-corrected chi connectivity index (χ3v) is 0.852. The monoisotopic (exact) mass is 112 g/mol. The van der Waals surface area contributed by atoms with Crippen molar-refractivity contribution in [2.45, 2.75) is 6.92 Å². The standard InChI is InChI=1S/C5H5FN2/c1-4-5(6)2-7-3-8-4/h2-3H,1H3. The summed E-state index contributed by atoms with van der Waals surface area (Å²) in [6.07, 6.45) is 2.46. The zero-order chi connectivity index (χ0) is 5.98. The fraction of sp³-hybridized carbons (Fsp3) is 0.200. The van der Waals surface area contributed by atoms with Crippen molar-refractivity contribution in [2.24, 2.45) is 0 Å². The largest absolute Gasteiger partial charge is 0.242 e. The number of hydrogen-bond acceptors (Lipinski definition) is 2. The van der Waals surface area contributed by atoms with Gasteiger partial charge >= 0.3 is 0 Å². The number of nitrogens with zero attached hydrogens (tertiary/aromatic N) is 2. The van der Waals surface area contributed by atoms with Gasteiger partial charge < -0.3 is 0 Å². The van der Waals surface area contributed by atoms with Crippen LogP contribution in [0.5, 0.6) is 0 Å². The predicted molar refractivity (Wildman–Crippen MR) is 26.7 cm³/mol. The molecule has 0 saturated carbocycles. The topological polar surface area (TPSA) is 25.8 Å².